The lowest BCUT2D eigenvalue weighted by Gasteiger charge is -2.41. The number of amides is 2. The fourth-order valence-electron chi connectivity index (χ4n) is 4.71. The minimum atomic E-state index is -0.610. The zero-order valence-electron chi connectivity index (χ0n) is 20.6. The van der Waals surface area contributed by atoms with Gasteiger partial charge in [-0.15, -0.1) is 11.8 Å². The van der Waals surface area contributed by atoms with Crippen molar-refractivity contribution in [3.05, 3.63) is 89.0 Å². The van der Waals surface area contributed by atoms with Crippen LogP contribution in [0.2, 0.25) is 0 Å². The van der Waals surface area contributed by atoms with Crippen LogP contribution in [0.1, 0.15) is 39.0 Å². The molecule has 7 heteroatoms. The normalized spacial score (nSPS) is 17.1. The van der Waals surface area contributed by atoms with Crippen LogP contribution in [0, 0.1) is 0 Å². The van der Waals surface area contributed by atoms with Crippen LogP contribution >= 0.6 is 11.8 Å². The SMILES string of the molecule is COc1cc2c(cc1OC)[C@H](C(=O)N(C)Cc1ccccc1)[C@H](c1ccc(SC)cc1)N(C)C2=O. The zero-order valence-corrected chi connectivity index (χ0v) is 21.5. The van der Waals surface area contributed by atoms with Crippen molar-refractivity contribution in [2.45, 2.75) is 23.4 Å². The number of fused-ring (bicyclic) bond motifs is 1. The highest BCUT2D eigenvalue weighted by Crippen LogP contribution is 2.46. The molecule has 0 unspecified atom stereocenters. The van der Waals surface area contributed by atoms with Gasteiger partial charge < -0.3 is 19.3 Å². The summed E-state index contributed by atoms with van der Waals surface area (Å²) in [7, 11) is 6.65. The summed E-state index contributed by atoms with van der Waals surface area (Å²) < 4.78 is 11.0. The van der Waals surface area contributed by atoms with Gasteiger partial charge in [0, 0.05) is 31.1 Å². The highest BCUT2D eigenvalue weighted by Gasteiger charge is 2.44. The first-order valence-corrected chi connectivity index (χ1v) is 12.6. The van der Waals surface area contributed by atoms with Crippen LogP contribution in [0.15, 0.2) is 71.6 Å². The predicted octanol–water partition coefficient (Wildman–Crippen LogP) is 4.99. The standard InChI is InChI=1S/C28H30N2O4S/c1-29(17-18-9-7-6-8-10-18)28(32)25-21-15-23(33-3)24(34-4)16-22(21)27(31)30(2)26(25)19-11-13-20(35-5)14-12-19/h6-16,25-26H,17H2,1-5H3/t25-,26-/m0/s1. The Balaban J connectivity index is 1.85. The summed E-state index contributed by atoms with van der Waals surface area (Å²) in [6, 6.07) is 20.9. The molecule has 2 amide bonds. The zero-order chi connectivity index (χ0) is 25.1. The highest BCUT2D eigenvalue weighted by molar-refractivity contribution is 7.98. The molecule has 1 aliphatic heterocycles. The molecular weight excluding hydrogens is 460 g/mol. The highest BCUT2D eigenvalue weighted by atomic mass is 32.2. The summed E-state index contributed by atoms with van der Waals surface area (Å²) >= 11 is 1.65. The monoisotopic (exact) mass is 490 g/mol. The molecule has 1 aliphatic rings. The van der Waals surface area contributed by atoms with Gasteiger partial charge in [0.2, 0.25) is 5.91 Å². The predicted molar refractivity (Wildman–Crippen MR) is 138 cm³/mol. The van der Waals surface area contributed by atoms with E-state index >= 15 is 0 Å². The second-order valence-electron chi connectivity index (χ2n) is 8.59. The number of methoxy groups -OCH3 is 2. The van der Waals surface area contributed by atoms with E-state index in [0.717, 1.165) is 16.0 Å². The number of hydrogen-bond acceptors (Lipinski definition) is 5. The van der Waals surface area contributed by atoms with Gasteiger partial charge in [0.1, 0.15) is 0 Å². The van der Waals surface area contributed by atoms with E-state index in [-0.39, 0.29) is 11.8 Å². The average molecular weight is 491 g/mol. The van der Waals surface area contributed by atoms with Crippen molar-refractivity contribution in [2.24, 2.45) is 0 Å². The maximum absolute atomic E-state index is 14.1. The van der Waals surface area contributed by atoms with E-state index in [4.69, 9.17) is 9.47 Å². The first kappa shape index (κ1) is 24.7. The summed E-state index contributed by atoms with van der Waals surface area (Å²) in [5.74, 6) is 0.111. The van der Waals surface area contributed by atoms with Gasteiger partial charge in [0.25, 0.3) is 5.91 Å². The molecule has 0 saturated heterocycles. The molecule has 6 nitrogen and oxygen atoms in total. The Hall–Kier alpha value is -3.45. The second-order valence-corrected chi connectivity index (χ2v) is 9.47. The molecule has 0 saturated carbocycles. The van der Waals surface area contributed by atoms with Crippen LogP contribution in [-0.4, -0.2) is 56.2 Å². The molecule has 1 heterocycles. The molecule has 0 aliphatic carbocycles. The van der Waals surface area contributed by atoms with Crippen LogP contribution < -0.4 is 9.47 Å². The lowest BCUT2D eigenvalue weighted by molar-refractivity contribution is -0.133. The quantitative estimate of drug-likeness (QED) is 0.437. The molecule has 0 spiro atoms. The Morgan fingerprint density at radius 2 is 1.63 bits per heavy atom. The lowest BCUT2D eigenvalue weighted by Crippen LogP contribution is -2.46. The van der Waals surface area contributed by atoms with Gasteiger partial charge >= 0.3 is 0 Å². The van der Waals surface area contributed by atoms with Gasteiger partial charge in [0.15, 0.2) is 11.5 Å². The molecule has 0 radical (unpaired) electrons. The summed E-state index contributed by atoms with van der Waals surface area (Å²) in [6.45, 7) is 0.467. The lowest BCUT2D eigenvalue weighted by atomic mass is 9.79. The smallest absolute Gasteiger partial charge is 0.254 e. The molecule has 2 atom stereocenters. The first-order chi connectivity index (χ1) is 16.9. The third-order valence-corrected chi connectivity index (χ3v) is 7.28. The van der Waals surface area contributed by atoms with Gasteiger partial charge in [0.05, 0.1) is 26.2 Å². The van der Waals surface area contributed by atoms with Crippen LogP contribution in [0.3, 0.4) is 0 Å². The van der Waals surface area contributed by atoms with E-state index in [1.807, 2.05) is 60.9 Å². The summed E-state index contributed by atoms with van der Waals surface area (Å²) in [5, 5.41) is 0. The van der Waals surface area contributed by atoms with Crippen molar-refractivity contribution >= 4 is 23.6 Å². The first-order valence-electron chi connectivity index (χ1n) is 11.4. The molecule has 3 aromatic carbocycles. The number of thioether (sulfide) groups is 1. The Bertz CT molecular complexity index is 1210. The number of carbonyl (C=O) groups excluding carboxylic acids is 2. The van der Waals surface area contributed by atoms with Crippen LogP contribution in [-0.2, 0) is 11.3 Å². The number of ether oxygens (including phenoxy) is 2. The van der Waals surface area contributed by atoms with Gasteiger partial charge in [-0.25, -0.2) is 0 Å². The number of carbonyl (C=O) groups is 2. The van der Waals surface area contributed by atoms with Crippen LogP contribution in [0.5, 0.6) is 11.5 Å². The number of hydrogen-bond donors (Lipinski definition) is 0. The average Bonchev–Trinajstić information content (AvgIpc) is 2.90. The number of rotatable bonds is 7. The summed E-state index contributed by atoms with van der Waals surface area (Å²) in [4.78, 5) is 32.1. The minimum Gasteiger partial charge on any atom is -0.493 e. The summed E-state index contributed by atoms with van der Waals surface area (Å²) in [5.41, 5.74) is 3.05. The maximum Gasteiger partial charge on any atom is 0.254 e. The number of nitrogens with zero attached hydrogens (tertiary/aromatic N) is 2. The molecule has 0 fully saturated rings. The van der Waals surface area contributed by atoms with Crippen molar-refractivity contribution in [1.82, 2.24) is 9.80 Å². The van der Waals surface area contributed by atoms with Crippen LogP contribution in [0.25, 0.3) is 0 Å². The van der Waals surface area contributed by atoms with Crippen molar-refractivity contribution in [3.63, 3.8) is 0 Å². The fraction of sp³-hybridized carbons (Fsp3) is 0.286. The van der Waals surface area contributed by atoms with Crippen molar-refractivity contribution < 1.29 is 19.1 Å². The van der Waals surface area contributed by atoms with Crippen LogP contribution in [0.4, 0.5) is 0 Å². The molecule has 35 heavy (non-hydrogen) atoms. The minimum absolute atomic E-state index is 0.0689. The fourth-order valence-corrected chi connectivity index (χ4v) is 5.11. The number of benzene rings is 3. The van der Waals surface area contributed by atoms with Crippen molar-refractivity contribution in [1.29, 1.82) is 0 Å². The Morgan fingerprint density at radius 3 is 2.23 bits per heavy atom. The van der Waals surface area contributed by atoms with E-state index in [9.17, 15) is 9.59 Å². The van der Waals surface area contributed by atoms with Gasteiger partial charge in [-0.1, -0.05) is 42.5 Å². The second kappa shape index (κ2) is 10.4. The Kier molecular flexibility index (Phi) is 7.36. The third kappa shape index (κ3) is 4.73. The third-order valence-electron chi connectivity index (χ3n) is 6.54. The van der Waals surface area contributed by atoms with E-state index < -0.39 is 12.0 Å². The Labute approximate surface area is 210 Å². The molecule has 0 bridgehead atoms. The van der Waals surface area contributed by atoms with E-state index in [1.54, 1.807) is 54.9 Å². The molecular formula is C28H30N2O4S. The van der Waals surface area contributed by atoms with Gasteiger partial charge in [-0.05, 0) is 47.2 Å². The molecule has 3 aromatic rings. The maximum atomic E-state index is 14.1. The van der Waals surface area contributed by atoms with Gasteiger partial charge in [-0.2, -0.15) is 0 Å². The largest absolute Gasteiger partial charge is 0.493 e. The Morgan fingerprint density at radius 1 is 1.00 bits per heavy atom. The van der Waals surface area contributed by atoms with E-state index in [1.165, 1.54) is 7.11 Å². The molecule has 0 aromatic heterocycles. The van der Waals surface area contributed by atoms with Gasteiger partial charge in [-0.3, -0.25) is 9.59 Å². The molecule has 0 N–H and O–H groups in total. The topological polar surface area (TPSA) is 59.1 Å². The molecule has 182 valence electrons. The molecule has 4 rings (SSSR count). The van der Waals surface area contributed by atoms with E-state index in [2.05, 4.69) is 0 Å². The van der Waals surface area contributed by atoms with Crippen molar-refractivity contribution in [2.75, 3.05) is 34.6 Å². The van der Waals surface area contributed by atoms with E-state index in [0.29, 0.717) is 29.2 Å². The number of likely N-dealkylation sites (N-methyl/N-ethyl adjacent to an activating group) is 2. The van der Waals surface area contributed by atoms with Crippen molar-refractivity contribution in [3.8, 4) is 11.5 Å². The summed E-state index contributed by atoms with van der Waals surface area (Å²) in [6.07, 6.45) is 2.02.